The van der Waals surface area contributed by atoms with Gasteiger partial charge in [-0.05, 0) is 25.7 Å². The zero-order chi connectivity index (χ0) is 13.3. The van der Waals surface area contributed by atoms with Crippen LogP contribution in [0.15, 0.2) is 12.1 Å². The molecule has 98 valence electrons. The van der Waals surface area contributed by atoms with Crippen molar-refractivity contribution in [1.29, 1.82) is 0 Å². The van der Waals surface area contributed by atoms with E-state index in [2.05, 4.69) is 5.32 Å². The van der Waals surface area contributed by atoms with Crippen LogP contribution >= 0.6 is 0 Å². The average Bonchev–Trinajstić information content (AvgIpc) is 2.21. The van der Waals surface area contributed by atoms with Crippen molar-refractivity contribution >= 4 is 11.4 Å². The van der Waals surface area contributed by atoms with Crippen molar-refractivity contribution in [3.05, 3.63) is 33.9 Å². The SMILES string of the molecule is CCC1(Nc2cc(F)cc(F)c2[N+](=O)[O-])CCC1. The summed E-state index contributed by atoms with van der Waals surface area (Å²) in [6, 6.07) is 1.51. The molecule has 2 rings (SSSR count). The van der Waals surface area contributed by atoms with E-state index in [1.807, 2.05) is 6.92 Å². The van der Waals surface area contributed by atoms with Crippen LogP contribution in [0.2, 0.25) is 0 Å². The maximum absolute atomic E-state index is 13.4. The van der Waals surface area contributed by atoms with E-state index in [1.165, 1.54) is 0 Å². The Morgan fingerprint density at radius 1 is 1.44 bits per heavy atom. The highest BCUT2D eigenvalue weighted by atomic mass is 19.1. The minimum atomic E-state index is -1.15. The largest absolute Gasteiger partial charge is 0.374 e. The van der Waals surface area contributed by atoms with E-state index >= 15 is 0 Å². The van der Waals surface area contributed by atoms with Gasteiger partial charge in [0.1, 0.15) is 11.5 Å². The third-order valence-electron chi connectivity index (χ3n) is 3.60. The van der Waals surface area contributed by atoms with Gasteiger partial charge in [0.25, 0.3) is 0 Å². The highest BCUT2D eigenvalue weighted by Gasteiger charge is 2.37. The highest BCUT2D eigenvalue weighted by molar-refractivity contribution is 5.63. The maximum Gasteiger partial charge on any atom is 0.327 e. The number of hydrogen-bond acceptors (Lipinski definition) is 3. The second-order valence-corrected chi connectivity index (χ2v) is 4.65. The lowest BCUT2D eigenvalue weighted by Crippen LogP contribution is -2.44. The number of nitro groups is 1. The first-order chi connectivity index (χ1) is 8.47. The predicted molar refractivity (Wildman–Crippen MR) is 63.5 cm³/mol. The molecule has 0 heterocycles. The van der Waals surface area contributed by atoms with E-state index in [0.29, 0.717) is 6.07 Å². The zero-order valence-electron chi connectivity index (χ0n) is 10.0. The normalized spacial score (nSPS) is 17.1. The summed E-state index contributed by atoms with van der Waals surface area (Å²) in [5, 5.41) is 13.8. The third-order valence-corrected chi connectivity index (χ3v) is 3.60. The number of rotatable bonds is 4. The van der Waals surface area contributed by atoms with E-state index in [1.54, 1.807) is 0 Å². The highest BCUT2D eigenvalue weighted by Crippen LogP contribution is 2.40. The summed E-state index contributed by atoms with van der Waals surface area (Å²) < 4.78 is 26.6. The van der Waals surface area contributed by atoms with Gasteiger partial charge in [-0.2, -0.15) is 4.39 Å². The van der Waals surface area contributed by atoms with E-state index in [4.69, 9.17) is 0 Å². The first-order valence-electron chi connectivity index (χ1n) is 5.89. The standard InChI is InChI=1S/C12H14F2N2O2/c1-2-12(4-3-5-12)15-10-7-8(13)6-9(14)11(10)16(17)18/h6-7,15H,2-5H2,1H3. The molecule has 1 aliphatic carbocycles. The van der Waals surface area contributed by atoms with Gasteiger partial charge in [0, 0.05) is 17.7 Å². The van der Waals surface area contributed by atoms with Gasteiger partial charge < -0.3 is 5.32 Å². The van der Waals surface area contributed by atoms with Crippen LogP contribution in [0.3, 0.4) is 0 Å². The summed E-state index contributed by atoms with van der Waals surface area (Å²) in [7, 11) is 0. The van der Waals surface area contributed by atoms with Crippen LogP contribution in [0.4, 0.5) is 20.2 Å². The van der Waals surface area contributed by atoms with Crippen molar-refractivity contribution in [2.45, 2.75) is 38.1 Å². The van der Waals surface area contributed by atoms with E-state index in [0.717, 1.165) is 31.7 Å². The predicted octanol–water partition coefficient (Wildman–Crippen LogP) is 3.62. The molecule has 1 saturated carbocycles. The van der Waals surface area contributed by atoms with Crippen LogP contribution in [0.1, 0.15) is 32.6 Å². The molecule has 1 N–H and O–H groups in total. The first-order valence-corrected chi connectivity index (χ1v) is 5.89. The van der Waals surface area contributed by atoms with Crippen LogP contribution < -0.4 is 5.32 Å². The first kappa shape index (κ1) is 12.7. The molecule has 4 nitrogen and oxygen atoms in total. The van der Waals surface area contributed by atoms with Gasteiger partial charge in [-0.3, -0.25) is 10.1 Å². The lowest BCUT2D eigenvalue weighted by molar-refractivity contribution is -0.386. The molecular formula is C12H14F2N2O2. The molecule has 18 heavy (non-hydrogen) atoms. The van der Waals surface area contributed by atoms with Gasteiger partial charge in [-0.1, -0.05) is 6.92 Å². The molecular weight excluding hydrogens is 242 g/mol. The van der Waals surface area contributed by atoms with Gasteiger partial charge in [0.2, 0.25) is 5.82 Å². The molecule has 1 aliphatic rings. The van der Waals surface area contributed by atoms with Crippen molar-refractivity contribution < 1.29 is 13.7 Å². The second-order valence-electron chi connectivity index (χ2n) is 4.65. The quantitative estimate of drug-likeness (QED) is 0.661. The van der Waals surface area contributed by atoms with Crippen LogP contribution in [0.25, 0.3) is 0 Å². The third kappa shape index (κ3) is 2.14. The molecule has 0 aromatic heterocycles. The van der Waals surface area contributed by atoms with Crippen molar-refractivity contribution in [1.82, 2.24) is 0 Å². The summed E-state index contributed by atoms with van der Waals surface area (Å²) >= 11 is 0. The Morgan fingerprint density at radius 2 is 2.11 bits per heavy atom. The number of hydrogen-bond donors (Lipinski definition) is 1. The number of halogens is 2. The summed E-state index contributed by atoms with van der Waals surface area (Å²) in [5.74, 6) is -1.96. The van der Waals surface area contributed by atoms with Crippen molar-refractivity contribution in [3.8, 4) is 0 Å². The van der Waals surface area contributed by atoms with Crippen LogP contribution in [-0.4, -0.2) is 10.5 Å². The minimum absolute atomic E-state index is 0.0703. The summed E-state index contributed by atoms with van der Waals surface area (Å²) in [6.45, 7) is 1.95. The van der Waals surface area contributed by atoms with Gasteiger partial charge in [0.05, 0.1) is 4.92 Å². The van der Waals surface area contributed by atoms with E-state index in [9.17, 15) is 18.9 Å². The lowest BCUT2D eigenvalue weighted by Gasteiger charge is -2.42. The van der Waals surface area contributed by atoms with Crippen molar-refractivity contribution in [3.63, 3.8) is 0 Å². The van der Waals surface area contributed by atoms with Crippen LogP contribution in [-0.2, 0) is 0 Å². The molecule has 1 aromatic carbocycles. The molecule has 0 aliphatic heterocycles. The number of nitrogens with zero attached hydrogens (tertiary/aromatic N) is 1. The molecule has 0 atom stereocenters. The smallest absolute Gasteiger partial charge is 0.327 e. The number of nitrogens with one attached hydrogen (secondary N) is 1. The monoisotopic (exact) mass is 256 g/mol. The molecule has 6 heteroatoms. The van der Waals surface area contributed by atoms with Gasteiger partial charge in [0.15, 0.2) is 0 Å². The fourth-order valence-corrected chi connectivity index (χ4v) is 2.30. The molecule has 0 amide bonds. The Kier molecular flexibility index (Phi) is 3.19. The molecule has 1 fully saturated rings. The average molecular weight is 256 g/mol. The van der Waals surface area contributed by atoms with Crippen LogP contribution in [0, 0.1) is 21.7 Å². The van der Waals surface area contributed by atoms with Crippen LogP contribution in [0.5, 0.6) is 0 Å². The fourth-order valence-electron chi connectivity index (χ4n) is 2.30. The number of anilines is 1. The lowest BCUT2D eigenvalue weighted by atomic mass is 9.74. The summed E-state index contributed by atoms with van der Waals surface area (Å²) in [6.07, 6.45) is 3.51. The summed E-state index contributed by atoms with van der Waals surface area (Å²) in [5.41, 5.74) is -1.01. The maximum atomic E-state index is 13.4. The van der Waals surface area contributed by atoms with Crippen molar-refractivity contribution in [2.24, 2.45) is 0 Å². The molecule has 1 aromatic rings. The van der Waals surface area contributed by atoms with Gasteiger partial charge >= 0.3 is 5.69 Å². The Hall–Kier alpha value is -1.72. The minimum Gasteiger partial charge on any atom is -0.374 e. The Morgan fingerprint density at radius 3 is 2.56 bits per heavy atom. The second kappa shape index (κ2) is 4.51. The van der Waals surface area contributed by atoms with Gasteiger partial charge in [-0.25, -0.2) is 4.39 Å². The van der Waals surface area contributed by atoms with Gasteiger partial charge in [-0.15, -0.1) is 0 Å². The Bertz CT molecular complexity index is 482. The molecule has 0 unspecified atom stereocenters. The summed E-state index contributed by atoms with van der Waals surface area (Å²) in [4.78, 5) is 10.0. The molecule has 0 bridgehead atoms. The number of benzene rings is 1. The Labute approximate surface area is 103 Å². The number of nitro benzene ring substituents is 1. The van der Waals surface area contributed by atoms with E-state index in [-0.39, 0.29) is 11.2 Å². The fraction of sp³-hybridized carbons (Fsp3) is 0.500. The van der Waals surface area contributed by atoms with E-state index < -0.39 is 22.2 Å². The Balaban J connectivity index is 2.39. The molecule has 0 saturated heterocycles. The molecule has 0 spiro atoms. The zero-order valence-corrected chi connectivity index (χ0v) is 10.0. The van der Waals surface area contributed by atoms with Crippen molar-refractivity contribution in [2.75, 3.05) is 5.32 Å². The topological polar surface area (TPSA) is 55.2 Å². The molecule has 0 radical (unpaired) electrons.